The molecule has 0 saturated carbocycles. The Bertz CT molecular complexity index is 1510. The van der Waals surface area contributed by atoms with E-state index in [1.807, 2.05) is 19.1 Å². The average molecular weight is 490 g/mol. The van der Waals surface area contributed by atoms with E-state index in [1.54, 1.807) is 72.8 Å². The fourth-order valence-electron chi connectivity index (χ4n) is 4.44. The Labute approximate surface area is 214 Å². The summed E-state index contributed by atoms with van der Waals surface area (Å²) in [6, 6.07) is 28.8. The fraction of sp³-hybridized carbons (Fsp3) is 0.0968. The lowest BCUT2D eigenvalue weighted by Gasteiger charge is -2.18. The monoisotopic (exact) mass is 489 g/mol. The van der Waals surface area contributed by atoms with Crippen molar-refractivity contribution in [3.8, 4) is 0 Å². The maximum Gasteiger partial charge on any atom is 0.339 e. The quantitative estimate of drug-likeness (QED) is 0.185. The zero-order valence-corrected chi connectivity index (χ0v) is 20.1. The van der Waals surface area contributed by atoms with Gasteiger partial charge in [0.2, 0.25) is 5.78 Å². The Balaban J connectivity index is 1.45. The van der Waals surface area contributed by atoms with Gasteiger partial charge in [-0.05, 0) is 36.2 Å². The summed E-state index contributed by atoms with van der Waals surface area (Å²) in [4.78, 5) is 54.0. The molecule has 5 rings (SSSR count). The molecule has 0 aliphatic carbocycles. The van der Waals surface area contributed by atoms with Gasteiger partial charge in [-0.25, -0.2) is 9.69 Å². The molecular formula is C31H23NO5. The Morgan fingerprint density at radius 1 is 0.730 bits per heavy atom. The number of benzene rings is 4. The third-order valence-corrected chi connectivity index (χ3v) is 6.36. The molecular weight excluding hydrogens is 466 g/mol. The van der Waals surface area contributed by atoms with Gasteiger partial charge >= 0.3 is 5.97 Å². The first-order chi connectivity index (χ1) is 18.0. The minimum atomic E-state index is -1.17. The molecule has 2 amide bonds. The maximum absolute atomic E-state index is 13.3. The number of carbonyl (C=O) groups excluding carboxylic acids is 4. The number of nitrogens with zero attached hydrogens (tertiary/aromatic N) is 1. The molecule has 37 heavy (non-hydrogen) atoms. The third-order valence-electron chi connectivity index (χ3n) is 6.36. The Morgan fingerprint density at radius 2 is 1.35 bits per heavy atom. The Morgan fingerprint density at radius 3 is 2.05 bits per heavy atom. The molecule has 0 fully saturated rings. The first-order valence-electron chi connectivity index (χ1n) is 12.0. The van der Waals surface area contributed by atoms with E-state index in [1.165, 1.54) is 18.2 Å². The largest absolute Gasteiger partial charge is 0.445 e. The molecule has 4 aromatic carbocycles. The van der Waals surface area contributed by atoms with Crippen molar-refractivity contribution in [3.63, 3.8) is 0 Å². The number of rotatable bonds is 7. The lowest BCUT2D eigenvalue weighted by molar-refractivity contribution is 0.0280. The van der Waals surface area contributed by atoms with Gasteiger partial charge in [-0.3, -0.25) is 14.4 Å². The summed E-state index contributed by atoms with van der Waals surface area (Å²) >= 11 is 0. The number of fused-ring (bicyclic) bond motifs is 1. The highest BCUT2D eigenvalue weighted by molar-refractivity contribution is 6.35. The van der Waals surface area contributed by atoms with Gasteiger partial charge in [0.15, 0.2) is 6.10 Å². The predicted molar refractivity (Wildman–Crippen MR) is 139 cm³/mol. The summed E-state index contributed by atoms with van der Waals surface area (Å²) < 4.78 is 5.71. The van der Waals surface area contributed by atoms with Crippen LogP contribution in [0.2, 0.25) is 0 Å². The van der Waals surface area contributed by atoms with E-state index in [9.17, 15) is 19.2 Å². The highest BCUT2D eigenvalue weighted by Gasteiger charge is 2.38. The summed E-state index contributed by atoms with van der Waals surface area (Å²) in [5, 5.41) is 0. The van der Waals surface area contributed by atoms with E-state index >= 15 is 0 Å². The highest BCUT2D eigenvalue weighted by atomic mass is 16.5. The van der Waals surface area contributed by atoms with Crippen molar-refractivity contribution >= 4 is 29.3 Å². The molecule has 1 atom stereocenters. The molecule has 1 aliphatic rings. The molecule has 4 aromatic rings. The van der Waals surface area contributed by atoms with Gasteiger partial charge < -0.3 is 4.74 Å². The Kier molecular flexibility index (Phi) is 6.47. The van der Waals surface area contributed by atoms with Gasteiger partial charge in [0.1, 0.15) is 0 Å². The molecule has 0 bridgehead atoms. The van der Waals surface area contributed by atoms with E-state index in [2.05, 4.69) is 0 Å². The van der Waals surface area contributed by atoms with Crippen LogP contribution in [0, 0.1) is 0 Å². The summed E-state index contributed by atoms with van der Waals surface area (Å²) in [5.41, 5.74) is 2.74. The number of aryl methyl sites for hydroxylation is 1. The first-order valence-corrected chi connectivity index (χ1v) is 12.0. The molecule has 1 heterocycles. The van der Waals surface area contributed by atoms with Crippen LogP contribution in [0.15, 0.2) is 103 Å². The second-order valence-corrected chi connectivity index (χ2v) is 8.61. The number of ether oxygens (including phenoxy) is 1. The van der Waals surface area contributed by atoms with Crippen LogP contribution in [-0.4, -0.2) is 23.6 Å². The minimum absolute atomic E-state index is 0.0762. The molecule has 0 N–H and O–H groups in total. The van der Waals surface area contributed by atoms with E-state index in [0.29, 0.717) is 23.2 Å². The first kappa shape index (κ1) is 23.9. The van der Waals surface area contributed by atoms with Crippen LogP contribution >= 0.6 is 0 Å². The number of ketones is 1. The zero-order chi connectivity index (χ0) is 25.9. The zero-order valence-electron chi connectivity index (χ0n) is 20.1. The van der Waals surface area contributed by atoms with Gasteiger partial charge in [0.05, 0.1) is 22.4 Å². The topological polar surface area (TPSA) is 80.8 Å². The van der Waals surface area contributed by atoms with Crippen LogP contribution in [0.3, 0.4) is 0 Å². The molecule has 0 radical (unpaired) electrons. The second-order valence-electron chi connectivity index (χ2n) is 8.61. The van der Waals surface area contributed by atoms with Crippen molar-refractivity contribution in [3.05, 3.63) is 137 Å². The minimum Gasteiger partial charge on any atom is -0.445 e. The van der Waals surface area contributed by atoms with Crippen molar-refractivity contribution in [2.24, 2.45) is 0 Å². The predicted octanol–water partition coefficient (Wildman–Crippen LogP) is 5.83. The van der Waals surface area contributed by atoms with Gasteiger partial charge in [0.25, 0.3) is 11.8 Å². The van der Waals surface area contributed by atoms with Crippen molar-refractivity contribution in [1.29, 1.82) is 0 Å². The summed E-state index contributed by atoms with van der Waals surface area (Å²) in [5.74, 6) is -2.08. The van der Waals surface area contributed by atoms with Crippen molar-refractivity contribution in [2.45, 2.75) is 19.4 Å². The van der Waals surface area contributed by atoms with Crippen LogP contribution < -0.4 is 4.90 Å². The molecule has 6 nitrogen and oxygen atoms in total. The van der Waals surface area contributed by atoms with Gasteiger partial charge in [-0.2, -0.15) is 0 Å². The van der Waals surface area contributed by atoms with Crippen LogP contribution in [0.1, 0.15) is 65.6 Å². The number of hydrogen-bond donors (Lipinski definition) is 0. The smallest absolute Gasteiger partial charge is 0.339 e. The number of amides is 2. The standard InChI is InChI=1S/C31H23NO5/c1-2-20-11-9-10-16-26(20)32-29(34)24-18-17-23(19-25(24)30(32)35)31(36)37-28(22-14-7-4-8-15-22)27(33)21-12-5-3-6-13-21/h3-19,28H,2H2,1H3. The second kappa shape index (κ2) is 10.0. The molecule has 6 heteroatoms. The SMILES string of the molecule is CCc1ccccc1N1C(=O)c2ccc(C(=O)OC(C(=O)c3ccccc3)c3ccccc3)cc2C1=O. The fourth-order valence-corrected chi connectivity index (χ4v) is 4.44. The van der Waals surface area contributed by atoms with E-state index in [0.717, 1.165) is 10.5 Å². The number of Topliss-reactive ketones (excluding diaryl/α,β-unsaturated/α-hetero) is 1. The van der Waals surface area contributed by atoms with Crippen LogP contribution in [0.4, 0.5) is 5.69 Å². The van der Waals surface area contributed by atoms with Crippen LogP contribution in [-0.2, 0) is 11.2 Å². The van der Waals surface area contributed by atoms with Gasteiger partial charge in [-0.15, -0.1) is 0 Å². The van der Waals surface area contributed by atoms with Crippen LogP contribution in [0.5, 0.6) is 0 Å². The van der Waals surface area contributed by atoms with E-state index in [4.69, 9.17) is 4.74 Å². The number of imide groups is 1. The van der Waals surface area contributed by atoms with E-state index in [-0.39, 0.29) is 22.5 Å². The van der Waals surface area contributed by atoms with E-state index < -0.39 is 23.9 Å². The Hall–Kier alpha value is -4.84. The normalized spacial score (nSPS) is 13.3. The van der Waals surface area contributed by atoms with Crippen molar-refractivity contribution < 1.29 is 23.9 Å². The lowest BCUT2D eigenvalue weighted by Crippen LogP contribution is -2.30. The van der Waals surface area contributed by atoms with Crippen molar-refractivity contribution in [1.82, 2.24) is 0 Å². The summed E-state index contributed by atoms with van der Waals surface area (Å²) in [6.07, 6.45) is -0.521. The number of carbonyl (C=O) groups is 4. The molecule has 0 saturated heterocycles. The van der Waals surface area contributed by atoms with Gasteiger partial charge in [-0.1, -0.05) is 85.8 Å². The number of hydrogen-bond acceptors (Lipinski definition) is 5. The molecule has 182 valence electrons. The molecule has 0 aromatic heterocycles. The maximum atomic E-state index is 13.3. The molecule has 1 aliphatic heterocycles. The van der Waals surface area contributed by atoms with Crippen LogP contribution in [0.25, 0.3) is 0 Å². The molecule has 1 unspecified atom stereocenters. The van der Waals surface area contributed by atoms with Crippen molar-refractivity contribution in [2.75, 3.05) is 4.90 Å². The number of esters is 1. The average Bonchev–Trinajstić information content (AvgIpc) is 3.20. The van der Waals surface area contributed by atoms with Gasteiger partial charge in [0, 0.05) is 11.1 Å². The summed E-state index contributed by atoms with van der Waals surface area (Å²) in [7, 11) is 0. The summed E-state index contributed by atoms with van der Waals surface area (Å²) in [6.45, 7) is 1.95. The lowest BCUT2D eigenvalue weighted by atomic mass is 9.99. The molecule has 0 spiro atoms. The number of para-hydroxylation sites is 1. The number of anilines is 1. The highest BCUT2D eigenvalue weighted by Crippen LogP contribution is 2.32. The third kappa shape index (κ3) is 4.45.